The molecule has 0 spiro atoms. The van der Waals surface area contributed by atoms with Gasteiger partial charge in [0.25, 0.3) is 5.91 Å². The Kier molecular flexibility index (Phi) is 5.83. The first-order valence-corrected chi connectivity index (χ1v) is 9.42. The number of nitrogens with zero attached hydrogens (tertiary/aromatic N) is 2. The molecule has 3 rings (SSSR count). The number of nitrogens with one attached hydrogen (secondary N) is 2. The van der Waals surface area contributed by atoms with Crippen molar-refractivity contribution in [1.82, 2.24) is 15.5 Å². The van der Waals surface area contributed by atoms with Crippen LogP contribution < -0.4 is 20.3 Å². The molecular weight excluding hydrogens is 348 g/mol. The monoisotopic (exact) mass is 374 g/mol. The van der Waals surface area contributed by atoms with Gasteiger partial charge in [-0.1, -0.05) is 26.0 Å². The molecule has 0 saturated carbocycles. The molecule has 1 atom stereocenters. The first kappa shape index (κ1) is 19.0. The Morgan fingerprint density at radius 3 is 2.70 bits per heavy atom. The Labute approximate surface area is 158 Å². The van der Waals surface area contributed by atoms with Crippen molar-refractivity contribution in [3.05, 3.63) is 24.3 Å². The average Bonchev–Trinajstić information content (AvgIpc) is 3.11. The summed E-state index contributed by atoms with van der Waals surface area (Å²) >= 11 is 0. The molecule has 0 bridgehead atoms. The summed E-state index contributed by atoms with van der Waals surface area (Å²) < 4.78 is 5.88. The summed E-state index contributed by atoms with van der Waals surface area (Å²) in [5.41, 5.74) is 0.747. The van der Waals surface area contributed by atoms with Crippen molar-refractivity contribution < 1.29 is 19.1 Å². The second-order valence-electron chi connectivity index (χ2n) is 6.75. The van der Waals surface area contributed by atoms with Gasteiger partial charge >= 0.3 is 6.03 Å². The summed E-state index contributed by atoms with van der Waals surface area (Å²) in [6.45, 7) is 5.15. The molecule has 146 valence electrons. The molecule has 1 aromatic carbocycles. The minimum atomic E-state index is -0.708. The van der Waals surface area contributed by atoms with Crippen molar-refractivity contribution >= 4 is 23.5 Å². The van der Waals surface area contributed by atoms with Gasteiger partial charge in [-0.25, -0.2) is 4.79 Å². The molecule has 0 aromatic heterocycles. The highest BCUT2D eigenvalue weighted by Gasteiger charge is 2.34. The third kappa shape index (κ3) is 4.15. The first-order chi connectivity index (χ1) is 13.0. The van der Waals surface area contributed by atoms with Crippen LogP contribution in [-0.2, 0) is 9.59 Å². The van der Waals surface area contributed by atoms with Crippen LogP contribution in [0.1, 0.15) is 26.7 Å². The maximum absolute atomic E-state index is 12.7. The van der Waals surface area contributed by atoms with Gasteiger partial charge in [-0.2, -0.15) is 0 Å². The Hall–Kier alpha value is -2.77. The van der Waals surface area contributed by atoms with Crippen LogP contribution in [0.3, 0.4) is 0 Å². The molecule has 2 N–H and O–H groups in total. The van der Waals surface area contributed by atoms with Gasteiger partial charge in [-0.3, -0.25) is 14.5 Å². The molecule has 2 aliphatic heterocycles. The quantitative estimate of drug-likeness (QED) is 0.778. The zero-order valence-corrected chi connectivity index (χ0v) is 15.7. The summed E-state index contributed by atoms with van der Waals surface area (Å²) in [5, 5.41) is 5.63. The number of hydrogen-bond acceptors (Lipinski definition) is 5. The second-order valence-corrected chi connectivity index (χ2v) is 6.75. The standard InChI is InChI=1S/C19H26N4O4/c1-3-13(4-2)21-18(25)16-11-22(14-7-5-6-8-15(14)27-16)12-17(24)23-10-9-20-19(23)26/h5-8,13,16H,3-4,9-12H2,1-2H3,(H,20,26)(H,21,25)/t16-/m1/s1. The number of fused-ring (bicyclic) bond motifs is 1. The van der Waals surface area contributed by atoms with Crippen molar-refractivity contribution in [2.24, 2.45) is 0 Å². The van der Waals surface area contributed by atoms with E-state index in [1.165, 1.54) is 4.90 Å². The molecule has 2 heterocycles. The van der Waals surface area contributed by atoms with Gasteiger partial charge in [0.05, 0.1) is 18.8 Å². The van der Waals surface area contributed by atoms with Crippen LogP contribution in [0.2, 0.25) is 0 Å². The van der Waals surface area contributed by atoms with E-state index in [9.17, 15) is 14.4 Å². The van der Waals surface area contributed by atoms with Crippen LogP contribution in [0.5, 0.6) is 5.75 Å². The lowest BCUT2D eigenvalue weighted by Gasteiger charge is -2.36. The summed E-state index contributed by atoms with van der Waals surface area (Å²) in [6, 6.07) is 7.04. The molecule has 8 heteroatoms. The number of imide groups is 1. The van der Waals surface area contributed by atoms with Crippen LogP contribution in [0.15, 0.2) is 24.3 Å². The van der Waals surface area contributed by atoms with Crippen molar-refractivity contribution in [3.8, 4) is 5.75 Å². The lowest BCUT2D eigenvalue weighted by molar-refractivity contribution is -0.130. The highest BCUT2D eigenvalue weighted by molar-refractivity contribution is 5.98. The van der Waals surface area contributed by atoms with E-state index in [0.29, 0.717) is 18.8 Å². The third-order valence-electron chi connectivity index (χ3n) is 4.97. The number of amides is 4. The van der Waals surface area contributed by atoms with Crippen LogP contribution >= 0.6 is 0 Å². The Balaban J connectivity index is 1.75. The van der Waals surface area contributed by atoms with Gasteiger partial charge in [0, 0.05) is 19.1 Å². The van der Waals surface area contributed by atoms with Gasteiger partial charge in [-0.05, 0) is 25.0 Å². The number of anilines is 1. The van der Waals surface area contributed by atoms with Crippen molar-refractivity contribution in [1.29, 1.82) is 0 Å². The average molecular weight is 374 g/mol. The molecule has 1 fully saturated rings. The van der Waals surface area contributed by atoms with E-state index in [4.69, 9.17) is 4.74 Å². The fourth-order valence-corrected chi connectivity index (χ4v) is 3.34. The number of ether oxygens (including phenoxy) is 1. The normalized spacial score (nSPS) is 18.8. The molecule has 0 radical (unpaired) electrons. The van der Waals surface area contributed by atoms with Crippen molar-refractivity contribution in [3.63, 3.8) is 0 Å². The van der Waals surface area contributed by atoms with Crippen molar-refractivity contribution in [2.45, 2.75) is 38.8 Å². The first-order valence-electron chi connectivity index (χ1n) is 9.42. The van der Waals surface area contributed by atoms with Crippen LogP contribution in [0, 0.1) is 0 Å². The van der Waals surface area contributed by atoms with Gasteiger partial charge in [0.2, 0.25) is 5.91 Å². The number of hydrogen-bond donors (Lipinski definition) is 2. The molecule has 0 unspecified atom stereocenters. The fraction of sp³-hybridized carbons (Fsp3) is 0.526. The third-order valence-corrected chi connectivity index (χ3v) is 4.97. The number of rotatable bonds is 6. The molecule has 8 nitrogen and oxygen atoms in total. The van der Waals surface area contributed by atoms with E-state index >= 15 is 0 Å². The SMILES string of the molecule is CCC(CC)NC(=O)[C@H]1CN(CC(=O)N2CCNC2=O)c2ccccc2O1. The van der Waals surface area contributed by atoms with Gasteiger partial charge in [0.1, 0.15) is 5.75 Å². The van der Waals surface area contributed by atoms with Crippen LogP contribution in [-0.4, -0.2) is 61.1 Å². The van der Waals surface area contributed by atoms with Crippen molar-refractivity contribution in [2.75, 3.05) is 31.1 Å². The molecular formula is C19H26N4O4. The van der Waals surface area contributed by atoms with E-state index in [2.05, 4.69) is 10.6 Å². The Morgan fingerprint density at radius 1 is 1.30 bits per heavy atom. The summed E-state index contributed by atoms with van der Waals surface area (Å²) in [5.74, 6) is 0.0857. The molecule has 1 aromatic rings. The number of carbonyl (C=O) groups excluding carboxylic acids is 3. The maximum Gasteiger partial charge on any atom is 0.324 e. The molecule has 1 saturated heterocycles. The largest absolute Gasteiger partial charge is 0.477 e. The summed E-state index contributed by atoms with van der Waals surface area (Å²) in [4.78, 5) is 40.0. The molecule has 0 aliphatic carbocycles. The molecule has 2 aliphatic rings. The zero-order valence-electron chi connectivity index (χ0n) is 15.7. The fourth-order valence-electron chi connectivity index (χ4n) is 3.34. The van der Waals surface area contributed by atoms with Gasteiger partial charge in [-0.15, -0.1) is 0 Å². The smallest absolute Gasteiger partial charge is 0.324 e. The van der Waals surface area contributed by atoms with E-state index in [-0.39, 0.29) is 37.0 Å². The maximum atomic E-state index is 12.7. The van der Waals surface area contributed by atoms with E-state index in [1.54, 1.807) is 6.07 Å². The van der Waals surface area contributed by atoms with E-state index < -0.39 is 6.10 Å². The number of carbonyl (C=O) groups is 3. The van der Waals surface area contributed by atoms with E-state index in [1.807, 2.05) is 36.9 Å². The minimum absolute atomic E-state index is 0.0164. The Bertz CT molecular complexity index is 719. The van der Waals surface area contributed by atoms with Crippen LogP contribution in [0.25, 0.3) is 0 Å². The highest BCUT2D eigenvalue weighted by Crippen LogP contribution is 2.33. The highest BCUT2D eigenvalue weighted by atomic mass is 16.5. The number of benzene rings is 1. The minimum Gasteiger partial charge on any atom is -0.477 e. The Morgan fingerprint density at radius 2 is 2.04 bits per heavy atom. The zero-order chi connectivity index (χ0) is 19.4. The number of urea groups is 1. The van der Waals surface area contributed by atoms with Gasteiger partial charge in [0.15, 0.2) is 6.10 Å². The summed E-state index contributed by atoms with van der Waals surface area (Å²) in [6.07, 6.45) is 0.982. The molecule has 4 amide bonds. The lowest BCUT2D eigenvalue weighted by atomic mass is 10.1. The number of para-hydroxylation sites is 2. The molecule has 27 heavy (non-hydrogen) atoms. The van der Waals surface area contributed by atoms with Crippen LogP contribution in [0.4, 0.5) is 10.5 Å². The van der Waals surface area contributed by atoms with Gasteiger partial charge < -0.3 is 20.3 Å². The predicted molar refractivity (Wildman–Crippen MR) is 101 cm³/mol. The second kappa shape index (κ2) is 8.28. The summed E-state index contributed by atoms with van der Waals surface area (Å²) in [7, 11) is 0. The predicted octanol–water partition coefficient (Wildman–Crippen LogP) is 1.11. The van der Waals surface area contributed by atoms with E-state index in [0.717, 1.165) is 18.5 Å². The topological polar surface area (TPSA) is 91.0 Å². The lowest BCUT2D eigenvalue weighted by Crippen LogP contribution is -2.53.